The molecule has 0 bridgehead atoms. The molecule has 3 heterocycles. The van der Waals surface area contributed by atoms with Gasteiger partial charge in [-0.05, 0) is 0 Å². The first-order valence-corrected chi connectivity index (χ1v) is 6.93. The van der Waals surface area contributed by atoms with Gasteiger partial charge in [-0.3, -0.25) is 0 Å². The molecule has 0 aliphatic carbocycles. The lowest BCUT2D eigenvalue weighted by Gasteiger charge is -2.01. The van der Waals surface area contributed by atoms with Crippen molar-refractivity contribution in [1.82, 2.24) is 15.0 Å². The second-order valence-electron chi connectivity index (χ2n) is 3.21. The van der Waals surface area contributed by atoms with Crippen LogP contribution in [0.5, 0.6) is 0 Å². The van der Waals surface area contributed by atoms with E-state index in [2.05, 4.69) is 15.0 Å². The average Bonchev–Trinajstić information content (AvgIpc) is 2.88. The van der Waals surface area contributed by atoms with E-state index < -0.39 is 0 Å². The molecule has 0 aromatic carbocycles. The van der Waals surface area contributed by atoms with E-state index in [0.717, 1.165) is 27.7 Å². The number of nitrogens with one attached hydrogen (secondary N) is 1. The van der Waals surface area contributed by atoms with Gasteiger partial charge in [-0.15, -0.1) is 11.3 Å². The second kappa shape index (κ2) is 3.70. The molecule has 0 unspecified atom stereocenters. The number of aromatic amines is 1. The van der Waals surface area contributed by atoms with Crippen LogP contribution in [-0.4, -0.2) is 15.0 Å². The quantitative estimate of drug-likeness (QED) is 0.793. The number of aromatic nitrogens is 3. The summed E-state index contributed by atoms with van der Waals surface area (Å²) in [6.45, 7) is 0. The summed E-state index contributed by atoms with van der Waals surface area (Å²) < 4.78 is 0.719. The maximum absolute atomic E-state index is 5.27. The van der Waals surface area contributed by atoms with Crippen molar-refractivity contribution >= 4 is 35.3 Å². The Balaban J connectivity index is 2.20. The highest BCUT2D eigenvalue weighted by atomic mass is 32.2. The highest BCUT2D eigenvalue weighted by Gasteiger charge is 2.16. The third kappa shape index (κ3) is 1.62. The fraction of sp³-hybridized carbons (Fsp3) is 0.222. The van der Waals surface area contributed by atoms with Crippen LogP contribution in [0.15, 0.2) is 10.9 Å². The Kier molecular flexibility index (Phi) is 2.34. The standard InChI is InChI=1S/C9H7N3S3/c13-9-5-1-14-2-6(5)11-8(12-9)7-3-15-4-10-7/h3-4H,1-2H2,(H,11,12,13). The van der Waals surface area contributed by atoms with E-state index in [-0.39, 0.29) is 0 Å². The fourth-order valence-corrected chi connectivity index (χ4v) is 3.50. The van der Waals surface area contributed by atoms with Crippen LogP contribution in [0.2, 0.25) is 0 Å². The number of fused-ring (bicyclic) bond motifs is 1. The Morgan fingerprint density at radius 3 is 3.13 bits per heavy atom. The van der Waals surface area contributed by atoms with Crippen LogP contribution in [0.3, 0.4) is 0 Å². The third-order valence-corrected chi connectivity index (χ3v) is 4.18. The number of H-pyrrole nitrogens is 1. The minimum atomic E-state index is 0.719. The van der Waals surface area contributed by atoms with Crippen LogP contribution >= 0.6 is 35.3 Å². The summed E-state index contributed by atoms with van der Waals surface area (Å²) >= 11 is 8.70. The predicted molar refractivity (Wildman–Crippen MR) is 65.5 cm³/mol. The summed E-state index contributed by atoms with van der Waals surface area (Å²) in [6.07, 6.45) is 0. The molecule has 0 saturated carbocycles. The molecule has 0 amide bonds. The molecule has 76 valence electrons. The van der Waals surface area contributed by atoms with Gasteiger partial charge in [0.1, 0.15) is 10.3 Å². The molecule has 0 atom stereocenters. The molecule has 0 saturated heterocycles. The lowest BCUT2D eigenvalue weighted by Crippen LogP contribution is -1.97. The van der Waals surface area contributed by atoms with Gasteiger partial charge in [-0.25, -0.2) is 9.97 Å². The van der Waals surface area contributed by atoms with Crippen LogP contribution in [0.25, 0.3) is 11.5 Å². The Morgan fingerprint density at radius 2 is 2.33 bits per heavy atom. The average molecular weight is 253 g/mol. The number of thioether (sulfide) groups is 1. The first kappa shape index (κ1) is 9.50. The second-order valence-corrected chi connectivity index (χ2v) is 5.31. The van der Waals surface area contributed by atoms with Crippen molar-refractivity contribution in [2.45, 2.75) is 11.5 Å². The molecule has 1 aliphatic heterocycles. The maximum Gasteiger partial charge on any atom is 0.158 e. The lowest BCUT2D eigenvalue weighted by atomic mass is 10.3. The number of rotatable bonds is 1. The van der Waals surface area contributed by atoms with Gasteiger partial charge >= 0.3 is 0 Å². The first-order valence-electron chi connectivity index (χ1n) is 4.43. The van der Waals surface area contributed by atoms with E-state index in [1.54, 1.807) is 16.8 Å². The summed E-state index contributed by atoms with van der Waals surface area (Å²) in [5.74, 6) is 2.77. The first-order chi connectivity index (χ1) is 7.34. The van der Waals surface area contributed by atoms with Gasteiger partial charge in [-0.1, -0.05) is 12.2 Å². The predicted octanol–water partition coefficient (Wildman–Crippen LogP) is 3.01. The summed E-state index contributed by atoms with van der Waals surface area (Å²) in [4.78, 5) is 11.9. The van der Waals surface area contributed by atoms with Gasteiger partial charge < -0.3 is 4.98 Å². The highest BCUT2D eigenvalue weighted by molar-refractivity contribution is 7.98. The minimum Gasteiger partial charge on any atom is -0.341 e. The molecule has 1 N–H and O–H groups in total. The molecule has 0 radical (unpaired) electrons. The van der Waals surface area contributed by atoms with Gasteiger partial charge in [0.15, 0.2) is 5.82 Å². The molecule has 0 spiro atoms. The minimum absolute atomic E-state index is 0.719. The van der Waals surface area contributed by atoms with Crippen LogP contribution in [-0.2, 0) is 11.5 Å². The van der Waals surface area contributed by atoms with E-state index in [1.807, 2.05) is 17.1 Å². The number of thiazole rings is 1. The Hall–Kier alpha value is -0.720. The third-order valence-electron chi connectivity index (χ3n) is 2.27. The van der Waals surface area contributed by atoms with E-state index in [0.29, 0.717) is 0 Å². The monoisotopic (exact) mass is 253 g/mol. The van der Waals surface area contributed by atoms with Crippen LogP contribution in [0.4, 0.5) is 0 Å². The molecule has 2 aromatic heterocycles. The van der Waals surface area contributed by atoms with Crippen molar-refractivity contribution in [2.24, 2.45) is 0 Å². The van der Waals surface area contributed by atoms with Crippen LogP contribution in [0.1, 0.15) is 11.3 Å². The van der Waals surface area contributed by atoms with Crippen molar-refractivity contribution in [2.75, 3.05) is 0 Å². The van der Waals surface area contributed by atoms with Crippen LogP contribution < -0.4 is 0 Å². The van der Waals surface area contributed by atoms with Crippen molar-refractivity contribution in [1.29, 1.82) is 0 Å². The number of hydrogen-bond acceptors (Lipinski definition) is 5. The maximum atomic E-state index is 5.27. The lowest BCUT2D eigenvalue weighted by molar-refractivity contribution is 1.05. The number of nitrogens with zero attached hydrogens (tertiary/aromatic N) is 2. The zero-order chi connectivity index (χ0) is 10.3. The van der Waals surface area contributed by atoms with Crippen LogP contribution in [0, 0.1) is 4.64 Å². The SMILES string of the molecule is S=c1nc(-c2cscn2)[nH]c2c1CSC2. The van der Waals surface area contributed by atoms with Gasteiger partial charge in [-0.2, -0.15) is 11.8 Å². The highest BCUT2D eigenvalue weighted by Crippen LogP contribution is 2.30. The Labute approximate surface area is 100.0 Å². The van der Waals surface area contributed by atoms with Crippen molar-refractivity contribution in [3.8, 4) is 11.5 Å². The van der Waals surface area contributed by atoms with Gasteiger partial charge in [0.25, 0.3) is 0 Å². The van der Waals surface area contributed by atoms with E-state index in [9.17, 15) is 0 Å². The summed E-state index contributed by atoms with van der Waals surface area (Å²) in [6, 6.07) is 0. The molecule has 2 aromatic rings. The molecule has 6 heteroatoms. The van der Waals surface area contributed by atoms with E-state index in [1.165, 1.54) is 11.3 Å². The van der Waals surface area contributed by atoms with Gasteiger partial charge in [0.2, 0.25) is 0 Å². The van der Waals surface area contributed by atoms with Crippen molar-refractivity contribution in [3.05, 3.63) is 26.8 Å². The summed E-state index contributed by atoms with van der Waals surface area (Å²) in [5, 5.41) is 1.97. The molecule has 3 rings (SSSR count). The largest absolute Gasteiger partial charge is 0.341 e. The molecule has 15 heavy (non-hydrogen) atoms. The smallest absolute Gasteiger partial charge is 0.158 e. The molecule has 1 aliphatic rings. The topological polar surface area (TPSA) is 41.6 Å². The molecular weight excluding hydrogens is 246 g/mol. The summed E-state index contributed by atoms with van der Waals surface area (Å²) in [5.41, 5.74) is 5.08. The normalized spacial score (nSPS) is 14.1. The molecule has 0 fully saturated rings. The zero-order valence-corrected chi connectivity index (χ0v) is 10.1. The van der Waals surface area contributed by atoms with E-state index >= 15 is 0 Å². The van der Waals surface area contributed by atoms with Crippen molar-refractivity contribution < 1.29 is 0 Å². The Morgan fingerprint density at radius 1 is 1.40 bits per heavy atom. The summed E-state index contributed by atoms with van der Waals surface area (Å²) in [7, 11) is 0. The Bertz CT molecular complexity index is 544. The van der Waals surface area contributed by atoms with E-state index in [4.69, 9.17) is 12.2 Å². The molecule has 3 nitrogen and oxygen atoms in total. The fourth-order valence-electron chi connectivity index (χ4n) is 1.52. The van der Waals surface area contributed by atoms with Crippen molar-refractivity contribution in [3.63, 3.8) is 0 Å². The number of hydrogen-bond donors (Lipinski definition) is 1. The zero-order valence-electron chi connectivity index (χ0n) is 7.69. The molecular formula is C9H7N3S3. The van der Waals surface area contributed by atoms with Gasteiger partial charge in [0.05, 0.1) is 5.51 Å². The van der Waals surface area contributed by atoms with Gasteiger partial charge in [0, 0.05) is 28.1 Å².